The minimum absolute atomic E-state index is 0.274. The minimum Gasteiger partial charge on any atom is -0.464 e. The van der Waals surface area contributed by atoms with E-state index in [1.807, 2.05) is 0 Å². The quantitative estimate of drug-likeness (QED) is 0.768. The third-order valence-corrected chi connectivity index (χ3v) is 3.09. The molecule has 1 aromatic rings. The average Bonchev–Trinajstić information content (AvgIpc) is 2.68. The maximum Gasteiger partial charge on any atom is 0.354 e. The lowest BCUT2D eigenvalue weighted by molar-refractivity contribution is 0.0593. The van der Waals surface area contributed by atoms with Crippen LogP contribution in [0.1, 0.15) is 28.0 Å². The van der Waals surface area contributed by atoms with Crippen molar-refractivity contribution in [1.82, 2.24) is 4.98 Å². The molecule has 0 aromatic carbocycles. The molecule has 3 nitrogen and oxygen atoms in total. The zero-order valence-corrected chi connectivity index (χ0v) is 8.90. The number of ether oxygens (including phenoxy) is 1. The van der Waals surface area contributed by atoms with Gasteiger partial charge in [-0.25, -0.2) is 4.79 Å². The average molecular weight is 244 g/mol. The first kappa shape index (κ1) is 8.81. The Bertz CT molecular complexity index is 357. The van der Waals surface area contributed by atoms with Crippen molar-refractivity contribution < 1.29 is 9.53 Å². The summed E-state index contributed by atoms with van der Waals surface area (Å²) >= 11 is 3.40. The van der Waals surface area contributed by atoms with E-state index in [0.29, 0.717) is 5.69 Å². The molecule has 1 aliphatic rings. The van der Waals surface area contributed by atoms with Crippen molar-refractivity contribution in [2.24, 2.45) is 0 Å². The fourth-order valence-corrected chi connectivity index (χ4v) is 2.43. The third kappa shape index (κ3) is 1.29. The van der Waals surface area contributed by atoms with Crippen LogP contribution in [0.25, 0.3) is 0 Å². The van der Waals surface area contributed by atoms with Gasteiger partial charge in [-0.2, -0.15) is 0 Å². The van der Waals surface area contributed by atoms with Gasteiger partial charge in [-0.1, -0.05) is 0 Å². The molecular formula is C9H10BrNO2. The second-order valence-electron chi connectivity index (χ2n) is 3.12. The molecule has 1 heterocycles. The van der Waals surface area contributed by atoms with Crippen LogP contribution in [0.4, 0.5) is 0 Å². The highest BCUT2D eigenvalue weighted by molar-refractivity contribution is 9.10. The number of H-pyrrole nitrogens is 1. The van der Waals surface area contributed by atoms with E-state index in [-0.39, 0.29) is 5.97 Å². The van der Waals surface area contributed by atoms with Crippen molar-refractivity contribution in [1.29, 1.82) is 0 Å². The van der Waals surface area contributed by atoms with Gasteiger partial charge in [0.05, 0.1) is 11.7 Å². The molecule has 0 aliphatic heterocycles. The molecule has 0 saturated heterocycles. The molecule has 0 radical (unpaired) electrons. The van der Waals surface area contributed by atoms with Crippen molar-refractivity contribution >= 4 is 21.9 Å². The van der Waals surface area contributed by atoms with Crippen LogP contribution in [0.5, 0.6) is 0 Å². The van der Waals surface area contributed by atoms with Crippen molar-refractivity contribution in [2.45, 2.75) is 19.3 Å². The summed E-state index contributed by atoms with van der Waals surface area (Å²) < 4.78 is 5.61. The summed E-state index contributed by atoms with van der Waals surface area (Å²) in [7, 11) is 1.40. The number of esters is 1. The van der Waals surface area contributed by atoms with Crippen LogP contribution >= 0.6 is 15.9 Å². The summed E-state index contributed by atoms with van der Waals surface area (Å²) in [4.78, 5) is 14.3. The molecule has 0 fully saturated rings. The Morgan fingerprint density at radius 1 is 1.46 bits per heavy atom. The number of rotatable bonds is 1. The fourth-order valence-electron chi connectivity index (χ4n) is 1.80. The highest BCUT2D eigenvalue weighted by atomic mass is 79.9. The zero-order valence-electron chi connectivity index (χ0n) is 7.32. The number of aromatic amines is 1. The first-order valence-corrected chi connectivity index (χ1v) is 5.01. The summed E-state index contributed by atoms with van der Waals surface area (Å²) in [6.45, 7) is 0. The zero-order chi connectivity index (χ0) is 9.42. The Morgan fingerprint density at radius 2 is 2.15 bits per heavy atom. The predicted octanol–water partition coefficient (Wildman–Crippen LogP) is 2.05. The highest BCUT2D eigenvalue weighted by Gasteiger charge is 2.24. The summed E-state index contributed by atoms with van der Waals surface area (Å²) in [5.41, 5.74) is 2.97. The maximum atomic E-state index is 11.3. The van der Waals surface area contributed by atoms with Crippen molar-refractivity contribution in [3.8, 4) is 0 Å². The standard InChI is InChI=1S/C9H10BrNO2/c1-13-9(12)7-5-3-2-4-6(5)8(10)11-7/h11H,2-4H2,1H3. The van der Waals surface area contributed by atoms with Gasteiger partial charge in [-0.05, 0) is 46.3 Å². The van der Waals surface area contributed by atoms with Gasteiger partial charge in [-0.3, -0.25) is 0 Å². The number of halogens is 1. The Hall–Kier alpha value is -0.770. The topological polar surface area (TPSA) is 42.1 Å². The fraction of sp³-hybridized carbons (Fsp3) is 0.444. The van der Waals surface area contributed by atoms with E-state index in [1.165, 1.54) is 12.7 Å². The van der Waals surface area contributed by atoms with Gasteiger partial charge >= 0.3 is 5.97 Å². The minimum atomic E-state index is -0.274. The van der Waals surface area contributed by atoms with Gasteiger partial charge in [0.2, 0.25) is 0 Å². The van der Waals surface area contributed by atoms with Crippen molar-refractivity contribution in [3.63, 3.8) is 0 Å². The number of carbonyl (C=O) groups excluding carboxylic acids is 1. The molecule has 4 heteroatoms. The summed E-state index contributed by atoms with van der Waals surface area (Å²) in [6.07, 6.45) is 3.15. The van der Waals surface area contributed by atoms with Crippen LogP contribution in [0.3, 0.4) is 0 Å². The molecule has 1 aliphatic carbocycles. The monoisotopic (exact) mass is 243 g/mol. The van der Waals surface area contributed by atoms with Crippen molar-refractivity contribution in [2.75, 3.05) is 7.11 Å². The number of nitrogens with one attached hydrogen (secondary N) is 1. The summed E-state index contributed by atoms with van der Waals surface area (Å²) in [5.74, 6) is -0.274. The number of carbonyl (C=O) groups is 1. The first-order valence-electron chi connectivity index (χ1n) is 4.21. The van der Waals surface area contributed by atoms with Crippen LogP contribution in [0.2, 0.25) is 0 Å². The third-order valence-electron chi connectivity index (χ3n) is 2.41. The SMILES string of the molecule is COC(=O)c1[nH]c(Br)c2c1CCC2. The Balaban J connectivity index is 2.48. The number of hydrogen-bond donors (Lipinski definition) is 1. The van der Waals surface area contributed by atoms with E-state index >= 15 is 0 Å². The number of aromatic nitrogens is 1. The second-order valence-corrected chi connectivity index (χ2v) is 3.91. The predicted molar refractivity (Wildman–Crippen MR) is 51.9 cm³/mol. The summed E-state index contributed by atoms with van der Waals surface area (Å²) in [6, 6.07) is 0. The molecule has 1 aromatic heterocycles. The van der Waals surface area contributed by atoms with Crippen LogP contribution in [-0.4, -0.2) is 18.1 Å². The van der Waals surface area contributed by atoms with Gasteiger partial charge in [0.1, 0.15) is 5.69 Å². The maximum absolute atomic E-state index is 11.3. The normalized spacial score (nSPS) is 14.3. The largest absolute Gasteiger partial charge is 0.464 e. The van der Waals surface area contributed by atoms with Crippen LogP contribution in [-0.2, 0) is 17.6 Å². The van der Waals surface area contributed by atoms with Gasteiger partial charge in [-0.15, -0.1) is 0 Å². The molecule has 1 N–H and O–H groups in total. The second kappa shape index (κ2) is 3.18. The molecule has 0 saturated carbocycles. The number of fused-ring (bicyclic) bond motifs is 1. The molecule has 0 spiro atoms. The van der Waals surface area contributed by atoms with Crippen LogP contribution in [0.15, 0.2) is 4.60 Å². The molecule has 0 atom stereocenters. The lowest BCUT2D eigenvalue weighted by Crippen LogP contribution is -2.04. The molecule has 70 valence electrons. The lowest BCUT2D eigenvalue weighted by Gasteiger charge is -1.97. The van der Waals surface area contributed by atoms with E-state index in [0.717, 1.165) is 29.4 Å². The molecule has 0 amide bonds. The summed E-state index contributed by atoms with van der Waals surface area (Å²) in [5, 5.41) is 0. The van der Waals surface area contributed by atoms with Gasteiger partial charge in [0.25, 0.3) is 0 Å². The molecule has 0 unspecified atom stereocenters. The van der Waals surface area contributed by atoms with E-state index < -0.39 is 0 Å². The van der Waals surface area contributed by atoms with Gasteiger partial charge < -0.3 is 9.72 Å². The number of methoxy groups -OCH3 is 1. The van der Waals surface area contributed by atoms with Gasteiger partial charge in [0, 0.05) is 0 Å². The Morgan fingerprint density at radius 3 is 2.85 bits per heavy atom. The molecule has 0 bridgehead atoms. The molecular weight excluding hydrogens is 234 g/mol. The Kier molecular flexibility index (Phi) is 2.15. The van der Waals surface area contributed by atoms with E-state index in [2.05, 4.69) is 25.7 Å². The molecule has 13 heavy (non-hydrogen) atoms. The van der Waals surface area contributed by atoms with E-state index in [9.17, 15) is 4.79 Å². The lowest BCUT2D eigenvalue weighted by atomic mass is 10.2. The van der Waals surface area contributed by atoms with Crippen LogP contribution in [0, 0.1) is 0 Å². The van der Waals surface area contributed by atoms with Crippen LogP contribution < -0.4 is 0 Å². The Labute approximate surface area is 84.6 Å². The van der Waals surface area contributed by atoms with Crippen molar-refractivity contribution in [3.05, 3.63) is 21.4 Å². The highest BCUT2D eigenvalue weighted by Crippen LogP contribution is 2.31. The first-order chi connectivity index (χ1) is 6.24. The van der Waals surface area contributed by atoms with E-state index in [1.54, 1.807) is 0 Å². The van der Waals surface area contributed by atoms with E-state index in [4.69, 9.17) is 0 Å². The van der Waals surface area contributed by atoms with Gasteiger partial charge in [0.15, 0.2) is 0 Å². The molecule has 2 rings (SSSR count). The smallest absolute Gasteiger partial charge is 0.354 e. The number of hydrogen-bond acceptors (Lipinski definition) is 2.